The number of aryl methyl sites for hydroxylation is 1. The van der Waals surface area contributed by atoms with Crippen LogP contribution in [0.15, 0.2) is 6.07 Å². The number of nitrogens with zero attached hydrogens (tertiary/aromatic N) is 2. The standard InChI is InChI=1S/C14H23N3O/c1-9-5-6-12(7-10(9)2)16-14-15-11(3)8-13(17-14)18-4/h8-10,12H,5-7H2,1-4H3,(H,15,16,17). The van der Waals surface area contributed by atoms with Crippen LogP contribution in [0.25, 0.3) is 0 Å². The molecule has 0 saturated heterocycles. The Morgan fingerprint density at radius 2 is 2.00 bits per heavy atom. The van der Waals surface area contributed by atoms with E-state index in [4.69, 9.17) is 4.74 Å². The second kappa shape index (κ2) is 5.55. The number of nitrogens with one attached hydrogen (secondary N) is 1. The first-order valence-electron chi connectivity index (χ1n) is 6.74. The largest absolute Gasteiger partial charge is 0.481 e. The zero-order chi connectivity index (χ0) is 13.1. The second-order valence-corrected chi connectivity index (χ2v) is 5.48. The molecule has 1 heterocycles. The van der Waals surface area contributed by atoms with Crippen LogP contribution in [0.2, 0.25) is 0 Å². The van der Waals surface area contributed by atoms with Crippen molar-refractivity contribution in [2.75, 3.05) is 12.4 Å². The lowest BCUT2D eigenvalue weighted by molar-refractivity contribution is 0.260. The molecule has 1 aliphatic carbocycles. The molecule has 4 nitrogen and oxygen atoms in total. The summed E-state index contributed by atoms with van der Waals surface area (Å²) in [5, 5.41) is 3.45. The van der Waals surface area contributed by atoms with Gasteiger partial charge in [-0.15, -0.1) is 0 Å². The fraction of sp³-hybridized carbons (Fsp3) is 0.714. The van der Waals surface area contributed by atoms with Crippen LogP contribution in [0, 0.1) is 18.8 Å². The van der Waals surface area contributed by atoms with Crippen LogP contribution in [0.5, 0.6) is 5.88 Å². The number of hydrogen-bond donors (Lipinski definition) is 1. The summed E-state index contributed by atoms with van der Waals surface area (Å²) in [6.07, 6.45) is 3.67. The first-order chi connectivity index (χ1) is 8.58. The minimum Gasteiger partial charge on any atom is -0.481 e. The van der Waals surface area contributed by atoms with Gasteiger partial charge in [-0.2, -0.15) is 4.98 Å². The highest BCUT2D eigenvalue weighted by Gasteiger charge is 2.24. The summed E-state index contributed by atoms with van der Waals surface area (Å²) in [4.78, 5) is 8.76. The summed E-state index contributed by atoms with van der Waals surface area (Å²) in [5.41, 5.74) is 0.932. The molecule has 0 spiro atoms. The normalized spacial score (nSPS) is 27.9. The Labute approximate surface area is 109 Å². The fourth-order valence-electron chi connectivity index (χ4n) is 2.57. The highest BCUT2D eigenvalue weighted by Crippen LogP contribution is 2.30. The molecule has 100 valence electrons. The number of aromatic nitrogens is 2. The highest BCUT2D eigenvalue weighted by atomic mass is 16.5. The Morgan fingerprint density at radius 1 is 1.22 bits per heavy atom. The van der Waals surface area contributed by atoms with Crippen molar-refractivity contribution in [2.45, 2.75) is 46.1 Å². The van der Waals surface area contributed by atoms with Crippen molar-refractivity contribution in [3.05, 3.63) is 11.8 Å². The Hall–Kier alpha value is -1.32. The quantitative estimate of drug-likeness (QED) is 0.894. The van der Waals surface area contributed by atoms with Gasteiger partial charge in [-0.25, -0.2) is 4.98 Å². The van der Waals surface area contributed by atoms with Crippen LogP contribution in [0.4, 0.5) is 5.95 Å². The van der Waals surface area contributed by atoms with E-state index < -0.39 is 0 Å². The van der Waals surface area contributed by atoms with Gasteiger partial charge in [-0.05, 0) is 38.0 Å². The van der Waals surface area contributed by atoms with Crippen LogP contribution >= 0.6 is 0 Å². The van der Waals surface area contributed by atoms with Crippen LogP contribution in [0.3, 0.4) is 0 Å². The molecule has 3 atom stereocenters. The zero-order valence-electron chi connectivity index (χ0n) is 11.7. The minimum absolute atomic E-state index is 0.489. The van der Waals surface area contributed by atoms with Gasteiger partial charge in [0.25, 0.3) is 0 Å². The van der Waals surface area contributed by atoms with Crippen molar-refractivity contribution < 1.29 is 4.74 Å². The Bertz CT molecular complexity index is 408. The van der Waals surface area contributed by atoms with E-state index in [0.717, 1.165) is 17.5 Å². The van der Waals surface area contributed by atoms with Crippen molar-refractivity contribution >= 4 is 5.95 Å². The van der Waals surface area contributed by atoms with E-state index >= 15 is 0 Å². The molecule has 2 rings (SSSR count). The fourth-order valence-corrected chi connectivity index (χ4v) is 2.57. The van der Waals surface area contributed by atoms with Gasteiger partial charge in [0, 0.05) is 17.8 Å². The first kappa shape index (κ1) is 13.1. The highest BCUT2D eigenvalue weighted by molar-refractivity contribution is 5.31. The predicted molar refractivity (Wildman–Crippen MR) is 72.9 cm³/mol. The van der Waals surface area contributed by atoms with Crippen LogP contribution < -0.4 is 10.1 Å². The van der Waals surface area contributed by atoms with Crippen molar-refractivity contribution in [1.29, 1.82) is 0 Å². The smallest absolute Gasteiger partial charge is 0.226 e. The molecule has 18 heavy (non-hydrogen) atoms. The van der Waals surface area contributed by atoms with E-state index in [1.54, 1.807) is 7.11 Å². The molecule has 0 aliphatic heterocycles. The third-order valence-electron chi connectivity index (χ3n) is 3.97. The number of ether oxygens (including phenoxy) is 1. The van der Waals surface area contributed by atoms with Crippen LogP contribution in [-0.4, -0.2) is 23.1 Å². The molecule has 0 bridgehead atoms. The van der Waals surface area contributed by atoms with Gasteiger partial charge in [0.2, 0.25) is 11.8 Å². The predicted octanol–water partition coefficient (Wildman–Crippen LogP) is 3.03. The average Bonchev–Trinajstić information content (AvgIpc) is 2.33. The second-order valence-electron chi connectivity index (χ2n) is 5.48. The minimum atomic E-state index is 0.489. The maximum atomic E-state index is 5.17. The Kier molecular flexibility index (Phi) is 4.04. The molecular formula is C14H23N3O. The van der Waals surface area contributed by atoms with E-state index in [1.807, 2.05) is 13.0 Å². The number of hydrogen-bond acceptors (Lipinski definition) is 4. The summed E-state index contributed by atoms with van der Waals surface area (Å²) >= 11 is 0. The summed E-state index contributed by atoms with van der Waals surface area (Å²) in [5.74, 6) is 2.92. The molecule has 1 aromatic heterocycles. The molecule has 0 amide bonds. The molecule has 1 N–H and O–H groups in total. The lowest BCUT2D eigenvalue weighted by Gasteiger charge is -2.32. The monoisotopic (exact) mass is 249 g/mol. The van der Waals surface area contributed by atoms with E-state index in [9.17, 15) is 0 Å². The van der Waals surface area contributed by atoms with Gasteiger partial charge in [0.1, 0.15) is 0 Å². The molecule has 0 aromatic carbocycles. The molecule has 1 aliphatic rings. The third-order valence-corrected chi connectivity index (χ3v) is 3.97. The lowest BCUT2D eigenvalue weighted by Crippen LogP contribution is -2.31. The van der Waals surface area contributed by atoms with Gasteiger partial charge in [-0.3, -0.25) is 0 Å². The van der Waals surface area contributed by atoms with Crippen molar-refractivity contribution in [1.82, 2.24) is 9.97 Å². The van der Waals surface area contributed by atoms with Gasteiger partial charge >= 0.3 is 0 Å². The summed E-state index contributed by atoms with van der Waals surface area (Å²) in [6, 6.07) is 2.33. The van der Waals surface area contributed by atoms with Crippen molar-refractivity contribution in [2.24, 2.45) is 11.8 Å². The summed E-state index contributed by atoms with van der Waals surface area (Å²) in [6.45, 7) is 6.63. The lowest BCUT2D eigenvalue weighted by atomic mass is 9.79. The Balaban J connectivity index is 2.03. The zero-order valence-corrected chi connectivity index (χ0v) is 11.7. The third kappa shape index (κ3) is 3.12. The van der Waals surface area contributed by atoms with Crippen LogP contribution in [-0.2, 0) is 0 Å². The summed E-state index contributed by atoms with van der Waals surface area (Å²) in [7, 11) is 1.63. The van der Waals surface area contributed by atoms with E-state index in [2.05, 4.69) is 29.1 Å². The molecule has 1 aromatic rings. The van der Waals surface area contributed by atoms with E-state index in [0.29, 0.717) is 17.9 Å². The topological polar surface area (TPSA) is 47.0 Å². The number of rotatable bonds is 3. The van der Waals surface area contributed by atoms with Gasteiger partial charge < -0.3 is 10.1 Å². The van der Waals surface area contributed by atoms with Gasteiger partial charge in [0.05, 0.1) is 7.11 Å². The SMILES string of the molecule is COc1cc(C)nc(NC2CCC(C)C(C)C2)n1. The first-order valence-corrected chi connectivity index (χ1v) is 6.74. The number of methoxy groups -OCH3 is 1. The maximum Gasteiger partial charge on any atom is 0.226 e. The van der Waals surface area contributed by atoms with Crippen molar-refractivity contribution in [3.63, 3.8) is 0 Å². The van der Waals surface area contributed by atoms with Gasteiger partial charge in [0.15, 0.2) is 0 Å². The maximum absolute atomic E-state index is 5.17. The molecular weight excluding hydrogens is 226 g/mol. The average molecular weight is 249 g/mol. The molecule has 0 radical (unpaired) electrons. The molecule has 4 heteroatoms. The van der Waals surface area contributed by atoms with E-state index in [1.165, 1.54) is 19.3 Å². The van der Waals surface area contributed by atoms with Crippen molar-refractivity contribution in [3.8, 4) is 5.88 Å². The van der Waals surface area contributed by atoms with Crippen LogP contribution in [0.1, 0.15) is 38.8 Å². The number of anilines is 1. The molecule has 1 saturated carbocycles. The Morgan fingerprint density at radius 3 is 2.67 bits per heavy atom. The molecule has 3 unspecified atom stereocenters. The molecule has 1 fully saturated rings. The van der Waals surface area contributed by atoms with E-state index in [-0.39, 0.29) is 0 Å². The van der Waals surface area contributed by atoms with Gasteiger partial charge in [-0.1, -0.05) is 13.8 Å². The summed E-state index contributed by atoms with van der Waals surface area (Å²) < 4.78 is 5.17.